The molecule has 0 fully saturated rings. The molecule has 8 heteroatoms. The van der Waals surface area contributed by atoms with Crippen LogP contribution in [0.25, 0.3) is 11.3 Å². The van der Waals surface area contributed by atoms with Crippen LogP contribution in [0.15, 0.2) is 71.7 Å². The van der Waals surface area contributed by atoms with E-state index in [0.29, 0.717) is 30.2 Å². The molecule has 1 aromatic heterocycles. The van der Waals surface area contributed by atoms with Crippen molar-refractivity contribution in [2.24, 2.45) is 5.10 Å². The van der Waals surface area contributed by atoms with Crippen LogP contribution in [-0.2, 0) is 6.54 Å². The van der Waals surface area contributed by atoms with Gasteiger partial charge >= 0.3 is 6.03 Å². The van der Waals surface area contributed by atoms with Gasteiger partial charge < -0.3 is 19.4 Å². The number of para-hydroxylation sites is 1. The molecule has 2 N–H and O–H groups in total. The number of nitrogens with zero attached hydrogens (tertiary/aromatic N) is 2. The molecule has 0 radical (unpaired) electrons. The van der Waals surface area contributed by atoms with E-state index in [1.54, 1.807) is 6.08 Å². The average Bonchev–Trinajstić information content (AvgIpc) is 3.15. The van der Waals surface area contributed by atoms with Crippen molar-refractivity contribution in [1.82, 2.24) is 9.99 Å². The van der Waals surface area contributed by atoms with Gasteiger partial charge in [0, 0.05) is 23.2 Å². The van der Waals surface area contributed by atoms with Gasteiger partial charge in [0.05, 0.1) is 5.69 Å². The van der Waals surface area contributed by atoms with Gasteiger partial charge in [0.2, 0.25) is 4.80 Å². The summed E-state index contributed by atoms with van der Waals surface area (Å²) in [6.07, 6.45) is 1.79. The zero-order valence-corrected chi connectivity index (χ0v) is 16.4. The predicted molar refractivity (Wildman–Crippen MR) is 113 cm³/mol. The summed E-state index contributed by atoms with van der Waals surface area (Å²) in [4.78, 5) is 12.8. The molecule has 2 aromatic carbocycles. The minimum Gasteiger partial charge on any atom is -0.486 e. The van der Waals surface area contributed by atoms with Gasteiger partial charge in [-0.2, -0.15) is 0 Å². The number of carbonyl (C=O) groups is 1. The van der Waals surface area contributed by atoms with E-state index in [-0.39, 0.29) is 0 Å². The van der Waals surface area contributed by atoms with E-state index < -0.39 is 6.03 Å². The molecule has 2 heterocycles. The number of nitrogens with one attached hydrogen (secondary N) is 2. The summed E-state index contributed by atoms with van der Waals surface area (Å²) in [7, 11) is 0. The Bertz CT molecular complexity index is 1090. The van der Waals surface area contributed by atoms with Gasteiger partial charge in [0.1, 0.15) is 13.2 Å². The standard InChI is InChI=1S/C21H20N4O3S/c1-2-10-25-17(15-8-9-18-19(13-15)28-12-11-27-18)14-29-21(25)24-23-20(26)22-16-6-4-3-5-7-16/h2-9,13-14H,1,10-12H2,(H2,22,23,26). The smallest absolute Gasteiger partial charge is 0.339 e. The fraction of sp³-hybridized carbons (Fsp3) is 0.143. The van der Waals surface area contributed by atoms with E-state index in [2.05, 4.69) is 22.4 Å². The fourth-order valence-corrected chi connectivity index (χ4v) is 3.82. The Balaban J connectivity index is 1.58. The first-order valence-electron chi connectivity index (χ1n) is 9.09. The van der Waals surface area contributed by atoms with Crippen molar-refractivity contribution in [1.29, 1.82) is 0 Å². The second-order valence-electron chi connectivity index (χ2n) is 6.20. The second-order valence-corrected chi connectivity index (χ2v) is 7.04. The van der Waals surface area contributed by atoms with Crippen LogP contribution in [0.2, 0.25) is 0 Å². The Morgan fingerprint density at radius 3 is 2.76 bits per heavy atom. The number of rotatable bonds is 5. The van der Waals surface area contributed by atoms with Gasteiger partial charge in [-0.05, 0) is 30.3 Å². The first-order valence-corrected chi connectivity index (χ1v) is 9.97. The molecule has 0 bridgehead atoms. The molecule has 2 amide bonds. The van der Waals surface area contributed by atoms with Gasteiger partial charge in [-0.15, -0.1) is 23.0 Å². The van der Waals surface area contributed by atoms with Gasteiger partial charge in [-0.25, -0.2) is 10.2 Å². The highest BCUT2D eigenvalue weighted by atomic mass is 32.1. The normalized spacial score (nSPS) is 13.0. The van der Waals surface area contributed by atoms with Crippen molar-refractivity contribution < 1.29 is 14.3 Å². The van der Waals surface area contributed by atoms with Crippen LogP contribution in [-0.4, -0.2) is 23.8 Å². The Kier molecular flexibility index (Phi) is 5.62. The quantitative estimate of drug-likeness (QED) is 0.498. The van der Waals surface area contributed by atoms with Gasteiger partial charge in [-0.3, -0.25) is 0 Å². The van der Waals surface area contributed by atoms with Crippen LogP contribution in [0.4, 0.5) is 10.5 Å². The first-order chi connectivity index (χ1) is 14.2. The van der Waals surface area contributed by atoms with Gasteiger partial charge in [-0.1, -0.05) is 24.3 Å². The lowest BCUT2D eigenvalue weighted by Gasteiger charge is -2.19. The minimum absolute atomic E-state index is 0.407. The number of benzene rings is 2. The van der Waals surface area contributed by atoms with E-state index in [0.717, 1.165) is 22.8 Å². The molecule has 4 rings (SSSR count). The molecule has 7 nitrogen and oxygen atoms in total. The largest absolute Gasteiger partial charge is 0.486 e. The van der Waals surface area contributed by atoms with Crippen LogP contribution in [0.5, 0.6) is 11.5 Å². The molecule has 0 unspecified atom stereocenters. The van der Waals surface area contributed by atoms with E-state index in [4.69, 9.17) is 9.47 Å². The topological polar surface area (TPSA) is 76.9 Å². The van der Waals surface area contributed by atoms with Crippen molar-refractivity contribution in [3.05, 3.63) is 71.4 Å². The summed E-state index contributed by atoms with van der Waals surface area (Å²) >= 11 is 1.43. The molecule has 0 aliphatic carbocycles. The van der Waals surface area contributed by atoms with E-state index in [1.165, 1.54) is 11.3 Å². The maximum absolute atomic E-state index is 12.1. The predicted octanol–water partition coefficient (Wildman–Crippen LogP) is 3.81. The Labute approximate surface area is 171 Å². The number of amides is 2. The maximum atomic E-state index is 12.1. The number of fused-ring (bicyclic) bond motifs is 1. The number of allylic oxidation sites excluding steroid dienone is 1. The summed E-state index contributed by atoms with van der Waals surface area (Å²) in [6, 6.07) is 14.6. The van der Waals surface area contributed by atoms with Crippen LogP contribution >= 0.6 is 11.3 Å². The molecule has 1 aliphatic rings. The van der Waals surface area contributed by atoms with E-state index in [1.807, 2.05) is 58.5 Å². The molecular weight excluding hydrogens is 388 g/mol. The van der Waals surface area contributed by atoms with Crippen LogP contribution in [0.1, 0.15) is 0 Å². The summed E-state index contributed by atoms with van der Waals surface area (Å²) in [5.41, 5.74) is 5.17. The Morgan fingerprint density at radius 2 is 1.97 bits per heavy atom. The Hall–Kier alpha value is -3.52. The molecule has 0 saturated heterocycles. The summed E-state index contributed by atoms with van der Waals surface area (Å²) in [6.45, 7) is 5.47. The highest BCUT2D eigenvalue weighted by Gasteiger charge is 2.15. The summed E-state index contributed by atoms with van der Waals surface area (Å²) < 4.78 is 13.3. The van der Waals surface area contributed by atoms with Crippen molar-refractivity contribution in [2.75, 3.05) is 18.5 Å². The highest BCUT2D eigenvalue weighted by Crippen LogP contribution is 2.34. The van der Waals surface area contributed by atoms with Gasteiger partial charge in [0.15, 0.2) is 11.5 Å². The molecule has 3 aromatic rings. The number of urea groups is 1. The zero-order valence-electron chi connectivity index (χ0n) is 15.6. The average molecular weight is 408 g/mol. The number of anilines is 1. The van der Waals surface area contributed by atoms with Crippen molar-refractivity contribution in [3.63, 3.8) is 0 Å². The Morgan fingerprint density at radius 1 is 1.17 bits per heavy atom. The number of aromatic nitrogens is 1. The van der Waals surface area contributed by atoms with Crippen LogP contribution in [0, 0.1) is 0 Å². The number of ether oxygens (including phenoxy) is 2. The summed E-state index contributed by atoms with van der Waals surface area (Å²) in [5, 5.41) is 9.00. The third-order valence-corrected chi connectivity index (χ3v) is 5.10. The molecule has 0 saturated carbocycles. The molecule has 0 atom stereocenters. The number of thiazole rings is 1. The monoisotopic (exact) mass is 408 g/mol. The lowest BCUT2D eigenvalue weighted by molar-refractivity contribution is 0.171. The minimum atomic E-state index is -0.407. The van der Waals surface area contributed by atoms with Crippen molar-refractivity contribution in [2.45, 2.75) is 6.54 Å². The lowest BCUT2D eigenvalue weighted by Crippen LogP contribution is -2.28. The van der Waals surface area contributed by atoms with Crippen LogP contribution in [0.3, 0.4) is 0 Å². The number of hydrogen-bond acceptors (Lipinski definition) is 5. The first kappa shape index (κ1) is 18.8. The zero-order chi connectivity index (χ0) is 20.1. The van der Waals surface area contributed by atoms with E-state index >= 15 is 0 Å². The third kappa shape index (κ3) is 4.33. The molecule has 29 heavy (non-hydrogen) atoms. The molecule has 1 aliphatic heterocycles. The molecule has 148 valence electrons. The maximum Gasteiger partial charge on any atom is 0.339 e. The van der Waals surface area contributed by atoms with E-state index in [9.17, 15) is 4.79 Å². The second kappa shape index (κ2) is 8.66. The van der Waals surface area contributed by atoms with Crippen LogP contribution < -0.4 is 25.0 Å². The third-order valence-electron chi connectivity index (χ3n) is 4.23. The highest BCUT2D eigenvalue weighted by molar-refractivity contribution is 7.07. The van der Waals surface area contributed by atoms with Crippen molar-refractivity contribution >= 4 is 23.1 Å². The molecule has 0 spiro atoms. The van der Waals surface area contributed by atoms with Gasteiger partial charge in [0.25, 0.3) is 0 Å². The summed E-state index contributed by atoms with van der Waals surface area (Å²) in [5.74, 6) is 1.47. The molecular formula is C21H20N4O3S. The van der Waals surface area contributed by atoms with Crippen molar-refractivity contribution in [3.8, 4) is 22.8 Å². The lowest BCUT2D eigenvalue weighted by atomic mass is 10.1. The SMILES string of the molecule is C=CCn1c(-c2ccc3c(c2)OCCO3)csc1=NNC(=O)Nc1ccccc1. The number of carbonyl (C=O) groups excluding carboxylic acids is 1. The number of hydrogen-bond donors (Lipinski definition) is 2. The fourth-order valence-electron chi connectivity index (χ4n) is 2.94.